The molecule has 3 aromatic rings. The lowest BCUT2D eigenvalue weighted by Crippen LogP contribution is -2.23. The first-order valence-electron chi connectivity index (χ1n) is 10.1. The topological polar surface area (TPSA) is 66.0 Å². The molecule has 162 valence electrons. The predicted molar refractivity (Wildman–Crippen MR) is 119 cm³/mol. The van der Waals surface area contributed by atoms with Crippen molar-refractivity contribution >= 4 is 5.91 Å². The van der Waals surface area contributed by atoms with Gasteiger partial charge in [0, 0.05) is 23.7 Å². The van der Waals surface area contributed by atoms with Crippen molar-refractivity contribution < 1.29 is 23.7 Å². The number of carbonyl (C=O) groups excluding carboxylic acids is 1. The molecule has 0 atom stereocenters. The third-order valence-electron chi connectivity index (χ3n) is 4.67. The molecule has 0 radical (unpaired) electrons. The summed E-state index contributed by atoms with van der Waals surface area (Å²) in [5, 5.41) is 2.94. The molecule has 0 aromatic heterocycles. The van der Waals surface area contributed by atoms with Crippen LogP contribution in [0.3, 0.4) is 0 Å². The number of ether oxygens (including phenoxy) is 4. The minimum Gasteiger partial charge on any atom is -0.497 e. The van der Waals surface area contributed by atoms with Gasteiger partial charge in [-0.25, -0.2) is 0 Å². The van der Waals surface area contributed by atoms with Gasteiger partial charge < -0.3 is 24.3 Å². The first-order chi connectivity index (χ1) is 15.1. The Morgan fingerprint density at radius 1 is 0.839 bits per heavy atom. The smallest absolute Gasteiger partial charge is 0.251 e. The Kier molecular flexibility index (Phi) is 7.76. The summed E-state index contributed by atoms with van der Waals surface area (Å²) < 4.78 is 22.0. The van der Waals surface area contributed by atoms with Crippen LogP contribution in [0.5, 0.6) is 23.0 Å². The van der Waals surface area contributed by atoms with Crippen molar-refractivity contribution in [2.24, 2.45) is 0 Å². The standard InChI is InChI=1S/C25H27NO5/c1-4-30-24-13-10-19(25(27)26-16-18-8-11-21(28-2)12-9-18)14-20(24)17-31-23-7-5-6-22(15-23)29-3/h5-15H,4,16-17H2,1-3H3,(H,26,27). The number of amides is 1. The molecule has 0 bridgehead atoms. The highest BCUT2D eigenvalue weighted by atomic mass is 16.5. The summed E-state index contributed by atoms with van der Waals surface area (Å²) in [6, 6.07) is 20.3. The highest BCUT2D eigenvalue weighted by molar-refractivity contribution is 5.94. The van der Waals surface area contributed by atoms with Crippen LogP contribution in [0.1, 0.15) is 28.4 Å². The number of benzene rings is 3. The van der Waals surface area contributed by atoms with Gasteiger partial charge in [0.2, 0.25) is 0 Å². The van der Waals surface area contributed by atoms with Gasteiger partial charge in [0.1, 0.15) is 29.6 Å². The number of nitrogens with one attached hydrogen (secondary N) is 1. The predicted octanol–water partition coefficient (Wildman–Crippen LogP) is 4.61. The van der Waals surface area contributed by atoms with E-state index in [2.05, 4.69) is 5.32 Å². The molecule has 1 amide bonds. The van der Waals surface area contributed by atoms with Gasteiger partial charge >= 0.3 is 0 Å². The molecular weight excluding hydrogens is 394 g/mol. The van der Waals surface area contributed by atoms with E-state index in [4.69, 9.17) is 18.9 Å². The Hall–Kier alpha value is -3.67. The molecule has 0 aliphatic rings. The maximum atomic E-state index is 12.7. The number of hydrogen-bond acceptors (Lipinski definition) is 5. The molecule has 3 rings (SSSR count). The van der Waals surface area contributed by atoms with E-state index < -0.39 is 0 Å². The number of rotatable bonds is 10. The molecule has 0 fully saturated rings. The highest BCUT2D eigenvalue weighted by Gasteiger charge is 2.12. The fraction of sp³-hybridized carbons (Fsp3) is 0.240. The Morgan fingerprint density at radius 2 is 1.58 bits per heavy atom. The SMILES string of the molecule is CCOc1ccc(C(=O)NCc2ccc(OC)cc2)cc1COc1cccc(OC)c1. The molecule has 0 heterocycles. The summed E-state index contributed by atoms with van der Waals surface area (Å²) in [7, 11) is 3.23. The molecule has 0 unspecified atom stereocenters. The average molecular weight is 421 g/mol. The van der Waals surface area contributed by atoms with Crippen molar-refractivity contribution in [3.8, 4) is 23.0 Å². The van der Waals surface area contributed by atoms with Crippen LogP contribution in [-0.2, 0) is 13.2 Å². The number of methoxy groups -OCH3 is 2. The van der Waals surface area contributed by atoms with Crippen LogP contribution >= 0.6 is 0 Å². The summed E-state index contributed by atoms with van der Waals surface area (Å²) in [5.74, 6) is 2.70. The van der Waals surface area contributed by atoms with Crippen LogP contribution in [0.2, 0.25) is 0 Å². The average Bonchev–Trinajstić information content (AvgIpc) is 2.82. The summed E-state index contributed by atoms with van der Waals surface area (Å²) in [6.07, 6.45) is 0. The van der Waals surface area contributed by atoms with Crippen molar-refractivity contribution in [2.75, 3.05) is 20.8 Å². The van der Waals surface area contributed by atoms with Gasteiger partial charge in [0.25, 0.3) is 5.91 Å². The lowest BCUT2D eigenvalue weighted by Gasteiger charge is -2.14. The summed E-state index contributed by atoms with van der Waals surface area (Å²) >= 11 is 0. The van der Waals surface area contributed by atoms with Gasteiger partial charge in [-0.1, -0.05) is 18.2 Å². The minimum atomic E-state index is -0.165. The molecule has 31 heavy (non-hydrogen) atoms. The monoisotopic (exact) mass is 421 g/mol. The maximum Gasteiger partial charge on any atom is 0.251 e. The van der Waals surface area contributed by atoms with Crippen LogP contribution in [0.4, 0.5) is 0 Å². The van der Waals surface area contributed by atoms with Crippen LogP contribution in [0.15, 0.2) is 66.7 Å². The van der Waals surface area contributed by atoms with Gasteiger partial charge in [0.05, 0.1) is 20.8 Å². The van der Waals surface area contributed by atoms with Crippen LogP contribution in [0.25, 0.3) is 0 Å². The Balaban J connectivity index is 1.69. The van der Waals surface area contributed by atoms with E-state index in [-0.39, 0.29) is 12.5 Å². The second-order valence-corrected chi connectivity index (χ2v) is 6.75. The van der Waals surface area contributed by atoms with Crippen molar-refractivity contribution in [1.29, 1.82) is 0 Å². The molecule has 0 saturated heterocycles. The van der Waals surface area contributed by atoms with E-state index >= 15 is 0 Å². The maximum absolute atomic E-state index is 12.7. The van der Waals surface area contributed by atoms with Crippen LogP contribution < -0.4 is 24.3 Å². The molecule has 0 spiro atoms. The fourth-order valence-electron chi connectivity index (χ4n) is 3.01. The van der Waals surface area contributed by atoms with Crippen molar-refractivity contribution in [2.45, 2.75) is 20.1 Å². The van der Waals surface area contributed by atoms with Crippen molar-refractivity contribution in [3.63, 3.8) is 0 Å². The molecule has 0 saturated carbocycles. The molecule has 6 heteroatoms. The zero-order chi connectivity index (χ0) is 22.1. The van der Waals surface area contributed by atoms with Gasteiger partial charge in [-0.2, -0.15) is 0 Å². The van der Waals surface area contributed by atoms with E-state index in [0.29, 0.717) is 36.0 Å². The molecular formula is C25H27NO5. The first-order valence-corrected chi connectivity index (χ1v) is 10.1. The fourth-order valence-corrected chi connectivity index (χ4v) is 3.01. The van der Waals surface area contributed by atoms with Gasteiger partial charge in [-0.05, 0) is 55.0 Å². The summed E-state index contributed by atoms with van der Waals surface area (Å²) in [4.78, 5) is 12.7. The molecule has 0 aliphatic carbocycles. The second kappa shape index (κ2) is 10.9. The lowest BCUT2D eigenvalue weighted by molar-refractivity contribution is 0.0950. The van der Waals surface area contributed by atoms with E-state index in [1.807, 2.05) is 55.5 Å². The normalized spacial score (nSPS) is 10.3. The van der Waals surface area contributed by atoms with Crippen molar-refractivity contribution in [1.82, 2.24) is 5.32 Å². The zero-order valence-corrected chi connectivity index (χ0v) is 18.0. The second-order valence-electron chi connectivity index (χ2n) is 6.75. The van der Waals surface area contributed by atoms with E-state index in [9.17, 15) is 4.79 Å². The zero-order valence-electron chi connectivity index (χ0n) is 18.0. The number of carbonyl (C=O) groups is 1. The molecule has 1 N–H and O–H groups in total. The molecule has 6 nitrogen and oxygen atoms in total. The van der Waals surface area contributed by atoms with Gasteiger partial charge in [-0.3, -0.25) is 4.79 Å². The summed E-state index contributed by atoms with van der Waals surface area (Å²) in [6.45, 7) is 3.13. The summed E-state index contributed by atoms with van der Waals surface area (Å²) in [5.41, 5.74) is 2.32. The highest BCUT2D eigenvalue weighted by Crippen LogP contribution is 2.25. The Bertz CT molecular complexity index is 1000. The van der Waals surface area contributed by atoms with Crippen LogP contribution in [0, 0.1) is 0 Å². The molecule has 0 aliphatic heterocycles. The largest absolute Gasteiger partial charge is 0.497 e. The van der Waals surface area contributed by atoms with Crippen LogP contribution in [-0.4, -0.2) is 26.7 Å². The van der Waals surface area contributed by atoms with Gasteiger partial charge in [0.15, 0.2) is 0 Å². The minimum absolute atomic E-state index is 0.165. The molecule has 3 aromatic carbocycles. The Labute approximate surface area is 182 Å². The first kappa shape index (κ1) is 22.0. The third-order valence-corrected chi connectivity index (χ3v) is 4.67. The van der Waals surface area contributed by atoms with E-state index in [1.165, 1.54) is 0 Å². The van der Waals surface area contributed by atoms with E-state index in [0.717, 1.165) is 16.9 Å². The quantitative estimate of drug-likeness (QED) is 0.518. The Morgan fingerprint density at radius 3 is 2.29 bits per heavy atom. The third kappa shape index (κ3) is 6.15. The number of hydrogen-bond donors (Lipinski definition) is 1. The van der Waals surface area contributed by atoms with Crippen molar-refractivity contribution in [3.05, 3.63) is 83.4 Å². The lowest BCUT2D eigenvalue weighted by atomic mass is 10.1. The van der Waals surface area contributed by atoms with E-state index in [1.54, 1.807) is 32.4 Å². The van der Waals surface area contributed by atoms with Gasteiger partial charge in [-0.15, -0.1) is 0 Å².